The molecule has 0 spiro atoms. The Balaban J connectivity index is 2.27. The Kier molecular flexibility index (Phi) is 3.32. The SMILES string of the molecule is CC1OCCC1(C)Nc1cc(Br)c(F)cc1N. The lowest BCUT2D eigenvalue weighted by Gasteiger charge is -2.30. The van der Waals surface area contributed by atoms with Crippen molar-refractivity contribution in [3.05, 3.63) is 22.4 Å². The van der Waals surface area contributed by atoms with Gasteiger partial charge in [0.15, 0.2) is 0 Å². The maximum absolute atomic E-state index is 13.3. The highest BCUT2D eigenvalue weighted by Crippen LogP contribution is 2.34. The summed E-state index contributed by atoms with van der Waals surface area (Å²) in [5, 5.41) is 3.36. The van der Waals surface area contributed by atoms with Crippen LogP contribution in [0.3, 0.4) is 0 Å². The Morgan fingerprint density at radius 1 is 1.59 bits per heavy atom. The summed E-state index contributed by atoms with van der Waals surface area (Å²) in [5.74, 6) is -0.353. The molecule has 1 saturated heterocycles. The van der Waals surface area contributed by atoms with Crippen molar-refractivity contribution in [3.8, 4) is 0 Å². The molecule has 17 heavy (non-hydrogen) atoms. The molecule has 2 atom stereocenters. The minimum Gasteiger partial charge on any atom is -0.397 e. The highest BCUT2D eigenvalue weighted by atomic mass is 79.9. The van der Waals surface area contributed by atoms with Crippen molar-refractivity contribution >= 4 is 27.3 Å². The van der Waals surface area contributed by atoms with Crippen LogP contribution in [0, 0.1) is 5.82 Å². The van der Waals surface area contributed by atoms with E-state index < -0.39 is 0 Å². The number of halogens is 2. The van der Waals surface area contributed by atoms with Gasteiger partial charge in [0.05, 0.1) is 27.5 Å². The third-order valence-electron chi connectivity index (χ3n) is 3.40. The number of benzene rings is 1. The highest BCUT2D eigenvalue weighted by molar-refractivity contribution is 9.10. The van der Waals surface area contributed by atoms with E-state index in [2.05, 4.69) is 28.2 Å². The number of hydrogen-bond donors (Lipinski definition) is 2. The molecule has 0 saturated carbocycles. The Bertz CT molecular complexity index is 441. The van der Waals surface area contributed by atoms with E-state index in [9.17, 15) is 4.39 Å². The van der Waals surface area contributed by atoms with Crippen LogP contribution in [0.15, 0.2) is 16.6 Å². The quantitative estimate of drug-likeness (QED) is 0.825. The molecule has 1 aliphatic heterocycles. The Labute approximate surface area is 109 Å². The number of ether oxygens (including phenoxy) is 1. The average molecular weight is 303 g/mol. The van der Waals surface area contributed by atoms with E-state index in [1.807, 2.05) is 6.92 Å². The second kappa shape index (κ2) is 4.46. The molecule has 0 radical (unpaired) electrons. The highest BCUT2D eigenvalue weighted by Gasteiger charge is 2.37. The second-order valence-corrected chi connectivity index (χ2v) is 5.51. The van der Waals surface area contributed by atoms with Crippen molar-refractivity contribution in [2.75, 3.05) is 17.7 Å². The molecule has 1 heterocycles. The molecule has 1 aromatic carbocycles. The number of hydrogen-bond acceptors (Lipinski definition) is 3. The van der Waals surface area contributed by atoms with E-state index in [0.717, 1.165) is 18.7 Å². The van der Waals surface area contributed by atoms with Crippen LogP contribution in [0.5, 0.6) is 0 Å². The largest absolute Gasteiger partial charge is 0.397 e. The molecule has 0 bridgehead atoms. The van der Waals surface area contributed by atoms with Crippen LogP contribution in [0.1, 0.15) is 20.3 Å². The fraction of sp³-hybridized carbons (Fsp3) is 0.500. The van der Waals surface area contributed by atoms with Gasteiger partial charge in [0.25, 0.3) is 0 Å². The third kappa shape index (κ3) is 2.40. The standard InChI is InChI=1S/C12H16BrFN2O/c1-7-12(2,3-4-17-7)16-11-5-8(13)9(14)6-10(11)15/h5-7,16H,3-4,15H2,1-2H3. The number of anilines is 2. The molecular weight excluding hydrogens is 287 g/mol. The van der Waals surface area contributed by atoms with Gasteiger partial charge in [-0.3, -0.25) is 0 Å². The molecule has 0 aliphatic carbocycles. The summed E-state index contributed by atoms with van der Waals surface area (Å²) in [6, 6.07) is 2.98. The van der Waals surface area contributed by atoms with Crippen molar-refractivity contribution in [1.82, 2.24) is 0 Å². The van der Waals surface area contributed by atoms with Gasteiger partial charge in [-0.15, -0.1) is 0 Å². The summed E-state index contributed by atoms with van der Waals surface area (Å²) in [6.45, 7) is 4.84. The summed E-state index contributed by atoms with van der Waals surface area (Å²) >= 11 is 3.16. The van der Waals surface area contributed by atoms with Gasteiger partial charge < -0.3 is 15.8 Å². The van der Waals surface area contributed by atoms with Crippen molar-refractivity contribution < 1.29 is 9.13 Å². The maximum atomic E-state index is 13.3. The zero-order chi connectivity index (χ0) is 12.6. The molecule has 2 rings (SSSR count). The zero-order valence-electron chi connectivity index (χ0n) is 9.89. The van der Waals surface area contributed by atoms with E-state index in [-0.39, 0.29) is 17.5 Å². The van der Waals surface area contributed by atoms with Crippen molar-refractivity contribution in [1.29, 1.82) is 0 Å². The van der Waals surface area contributed by atoms with Crippen LogP contribution < -0.4 is 11.1 Å². The predicted octanol–water partition coefficient (Wildman–Crippen LogP) is 3.15. The molecule has 3 N–H and O–H groups in total. The number of rotatable bonds is 2. The van der Waals surface area contributed by atoms with E-state index in [0.29, 0.717) is 10.2 Å². The summed E-state index contributed by atoms with van der Waals surface area (Å²) < 4.78 is 19.2. The molecular formula is C12H16BrFN2O. The number of nitrogens with one attached hydrogen (secondary N) is 1. The molecule has 0 aromatic heterocycles. The Morgan fingerprint density at radius 2 is 2.29 bits per heavy atom. The van der Waals surface area contributed by atoms with Gasteiger partial charge in [-0.05, 0) is 42.3 Å². The normalized spacial score (nSPS) is 28.4. The minimum absolute atomic E-state index is 0.103. The Hall–Kier alpha value is -0.810. The number of nitrogens with two attached hydrogens (primary N) is 1. The van der Waals surface area contributed by atoms with Crippen LogP contribution in [-0.2, 0) is 4.74 Å². The van der Waals surface area contributed by atoms with E-state index >= 15 is 0 Å². The van der Waals surface area contributed by atoms with Crippen LogP contribution in [0.25, 0.3) is 0 Å². The summed E-state index contributed by atoms with van der Waals surface area (Å²) in [6.07, 6.45) is 1.01. The van der Waals surface area contributed by atoms with E-state index in [1.165, 1.54) is 6.07 Å². The van der Waals surface area contributed by atoms with Crippen LogP contribution in [0.2, 0.25) is 0 Å². The molecule has 2 unspecified atom stereocenters. The van der Waals surface area contributed by atoms with Crippen molar-refractivity contribution in [2.24, 2.45) is 0 Å². The summed E-state index contributed by atoms with van der Waals surface area (Å²) in [4.78, 5) is 0. The molecule has 3 nitrogen and oxygen atoms in total. The van der Waals surface area contributed by atoms with E-state index in [4.69, 9.17) is 10.5 Å². The van der Waals surface area contributed by atoms with Gasteiger partial charge in [0, 0.05) is 12.7 Å². The van der Waals surface area contributed by atoms with Crippen LogP contribution in [-0.4, -0.2) is 18.2 Å². The van der Waals surface area contributed by atoms with Gasteiger partial charge in [0.1, 0.15) is 5.82 Å². The molecule has 0 amide bonds. The smallest absolute Gasteiger partial charge is 0.139 e. The average Bonchev–Trinajstić information content (AvgIpc) is 2.56. The topological polar surface area (TPSA) is 47.3 Å². The predicted molar refractivity (Wildman–Crippen MR) is 70.6 cm³/mol. The monoisotopic (exact) mass is 302 g/mol. The van der Waals surface area contributed by atoms with Gasteiger partial charge in [-0.25, -0.2) is 4.39 Å². The summed E-state index contributed by atoms with van der Waals surface area (Å²) in [5.41, 5.74) is 6.79. The van der Waals surface area contributed by atoms with Crippen LogP contribution in [0.4, 0.5) is 15.8 Å². The molecule has 1 fully saturated rings. The number of nitrogen functional groups attached to an aromatic ring is 1. The first kappa shape index (κ1) is 12.6. The molecule has 1 aliphatic rings. The van der Waals surface area contributed by atoms with Crippen LogP contribution >= 0.6 is 15.9 Å². The minimum atomic E-state index is -0.353. The van der Waals surface area contributed by atoms with Gasteiger partial charge in [0.2, 0.25) is 0 Å². The van der Waals surface area contributed by atoms with E-state index in [1.54, 1.807) is 6.07 Å². The molecule has 94 valence electrons. The first-order valence-corrected chi connectivity index (χ1v) is 6.36. The fourth-order valence-corrected chi connectivity index (χ4v) is 2.32. The molecule has 5 heteroatoms. The van der Waals surface area contributed by atoms with Crippen molar-refractivity contribution in [3.63, 3.8) is 0 Å². The lowest BCUT2D eigenvalue weighted by Crippen LogP contribution is -2.41. The fourth-order valence-electron chi connectivity index (χ4n) is 1.98. The van der Waals surface area contributed by atoms with Gasteiger partial charge in [-0.2, -0.15) is 0 Å². The lowest BCUT2D eigenvalue weighted by molar-refractivity contribution is 0.105. The Morgan fingerprint density at radius 3 is 2.88 bits per heavy atom. The first-order chi connectivity index (χ1) is 7.92. The van der Waals surface area contributed by atoms with Gasteiger partial charge >= 0.3 is 0 Å². The van der Waals surface area contributed by atoms with Crippen molar-refractivity contribution in [2.45, 2.75) is 31.9 Å². The summed E-state index contributed by atoms with van der Waals surface area (Å²) in [7, 11) is 0. The third-order valence-corrected chi connectivity index (χ3v) is 4.01. The molecule has 1 aromatic rings. The second-order valence-electron chi connectivity index (χ2n) is 4.66. The van der Waals surface area contributed by atoms with Gasteiger partial charge in [-0.1, -0.05) is 0 Å². The first-order valence-electron chi connectivity index (χ1n) is 5.57. The maximum Gasteiger partial charge on any atom is 0.139 e. The zero-order valence-corrected chi connectivity index (χ0v) is 11.5. The lowest BCUT2D eigenvalue weighted by atomic mass is 9.94.